The number of nitro benzene ring substituents is 1. The minimum absolute atomic E-state index is 0.118. The van der Waals surface area contributed by atoms with Crippen molar-refractivity contribution in [3.8, 4) is 11.5 Å². The van der Waals surface area contributed by atoms with Gasteiger partial charge in [-0.3, -0.25) is 14.9 Å². The molecule has 0 saturated carbocycles. The summed E-state index contributed by atoms with van der Waals surface area (Å²) in [6.07, 6.45) is 1.45. The number of benzene rings is 3. The summed E-state index contributed by atoms with van der Waals surface area (Å²) >= 11 is 0. The Morgan fingerprint density at radius 1 is 1.10 bits per heavy atom. The zero-order chi connectivity index (χ0) is 22.2. The van der Waals surface area contributed by atoms with Gasteiger partial charge in [0, 0.05) is 11.6 Å². The first-order valence-corrected chi connectivity index (χ1v) is 9.41. The Morgan fingerprint density at radius 2 is 1.87 bits per heavy atom. The normalized spacial score (nSPS) is 10.6. The SMILES string of the molecule is COc1cc(/C=N/NC(=O)c2cccc([N+](=O)[O-])c2C)ccc1OCc1ccccc1. The zero-order valence-electron chi connectivity index (χ0n) is 17.1. The van der Waals surface area contributed by atoms with Crippen LogP contribution in [-0.2, 0) is 6.61 Å². The van der Waals surface area contributed by atoms with Gasteiger partial charge in [-0.15, -0.1) is 0 Å². The monoisotopic (exact) mass is 419 g/mol. The van der Waals surface area contributed by atoms with E-state index in [-0.39, 0.29) is 16.8 Å². The summed E-state index contributed by atoms with van der Waals surface area (Å²) in [5.74, 6) is 0.577. The van der Waals surface area contributed by atoms with Crippen LogP contribution in [0.15, 0.2) is 71.8 Å². The lowest BCUT2D eigenvalue weighted by molar-refractivity contribution is -0.385. The number of nitrogens with one attached hydrogen (secondary N) is 1. The smallest absolute Gasteiger partial charge is 0.273 e. The van der Waals surface area contributed by atoms with Crippen molar-refractivity contribution in [2.24, 2.45) is 5.10 Å². The van der Waals surface area contributed by atoms with Crippen molar-refractivity contribution in [1.29, 1.82) is 0 Å². The summed E-state index contributed by atoms with van der Waals surface area (Å²) in [6.45, 7) is 1.93. The molecule has 0 aromatic heterocycles. The van der Waals surface area contributed by atoms with Crippen LogP contribution in [0.25, 0.3) is 0 Å². The molecule has 3 rings (SSSR count). The molecule has 8 nitrogen and oxygen atoms in total. The average Bonchev–Trinajstić information content (AvgIpc) is 2.78. The number of nitro groups is 1. The van der Waals surface area contributed by atoms with Gasteiger partial charge in [0.2, 0.25) is 0 Å². The topological polar surface area (TPSA) is 103 Å². The van der Waals surface area contributed by atoms with Crippen LogP contribution in [0.1, 0.15) is 27.0 Å². The van der Waals surface area contributed by atoms with E-state index >= 15 is 0 Å². The van der Waals surface area contributed by atoms with E-state index in [4.69, 9.17) is 9.47 Å². The van der Waals surface area contributed by atoms with Crippen molar-refractivity contribution in [3.63, 3.8) is 0 Å². The number of carbonyl (C=O) groups is 1. The molecule has 0 heterocycles. The van der Waals surface area contributed by atoms with Gasteiger partial charge in [0.25, 0.3) is 11.6 Å². The molecule has 0 spiro atoms. The predicted octanol–water partition coefficient (Wildman–Crippen LogP) is 4.25. The van der Waals surface area contributed by atoms with Crippen molar-refractivity contribution in [2.75, 3.05) is 7.11 Å². The van der Waals surface area contributed by atoms with Gasteiger partial charge in [-0.2, -0.15) is 5.10 Å². The van der Waals surface area contributed by atoms with E-state index < -0.39 is 10.8 Å². The van der Waals surface area contributed by atoms with Crippen LogP contribution in [-0.4, -0.2) is 24.2 Å². The number of rotatable bonds is 8. The lowest BCUT2D eigenvalue weighted by atomic mass is 10.1. The maximum Gasteiger partial charge on any atom is 0.273 e. The highest BCUT2D eigenvalue weighted by Crippen LogP contribution is 2.28. The van der Waals surface area contributed by atoms with Gasteiger partial charge in [0.1, 0.15) is 6.61 Å². The third-order valence-electron chi connectivity index (χ3n) is 4.55. The van der Waals surface area contributed by atoms with E-state index in [1.165, 1.54) is 31.3 Å². The standard InChI is InChI=1S/C23H21N3O5/c1-16-19(9-6-10-20(16)26(28)29)23(27)25-24-14-18-11-12-21(22(13-18)30-2)31-15-17-7-4-3-5-8-17/h3-14H,15H2,1-2H3,(H,25,27)/b24-14+. The fraction of sp³-hybridized carbons (Fsp3) is 0.130. The van der Waals surface area contributed by atoms with Crippen LogP contribution >= 0.6 is 0 Å². The Morgan fingerprint density at radius 3 is 2.58 bits per heavy atom. The minimum atomic E-state index is -0.535. The molecule has 0 bridgehead atoms. The Hall–Kier alpha value is -4.20. The second kappa shape index (κ2) is 10.0. The molecule has 0 radical (unpaired) electrons. The number of ether oxygens (including phenoxy) is 2. The molecule has 0 unspecified atom stereocenters. The van der Waals surface area contributed by atoms with E-state index in [0.29, 0.717) is 23.7 Å². The predicted molar refractivity (Wildman–Crippen MR) is 117 cm³/mol. The van der Waals surface area contributed by atoms with E-state index in [2.05, 4.69) is 10.5 Å². The van der Waals surface area contributed by atoms with Crippen LogP contribution in [0.4, 0.5) is 5.69 Å². The van der Waals surface area contributed by atoms with Gasteiger partial charge >= 0.3 is 0 Å². The van der Waals surface area contributed by atoms with Crippen LogP contribution in [0.5, 0.6) is 11.5 Å². The molecule has 1 N–H and O–H groups in total. The van der Waals surface area contributed by atoms with Crippen molar-refractivity contribution in [3.05, 3.63) is 99.1 Å². The lowest BCUT2D eigenvalue weighted by Gasteiger charge is -2.11. The summed E-state index contributed by atoms with van der Waals surface area (Å²) in [5.41, 5.74) is 4.46. The fourth-order valence-corrected chi connectivity index (χ4v) is 2.91. The average molecular weight is 419 g/mol. The van der Waals surface area contributed by atoms with Gasteiger partial charge in [-0.25, -0.2) is 5.43 Å². The summed E-state index contributed by atoms with van der Waals surface area (Å²) < 4.78 is 11.2. The van der Waals surface area contributed by atoms with Gasteiger partial charge in [0.15, 0.2) is 11.5 Å². The summed E-state index contributed by atoms with van der Waals surface area (Å²) in [5, 5.41) is 15.0. The molecule has 3 aromatic rings. The molecule has 1 amide bonds. The number of carbonyl (C=O) groups excluding carboxylic acids is 1. The molecule has 0 fully saturated rings. The molecular weight excluding hydrogens is 398 g/mol. The first-order chi connectivity index (χ1) is 15.0. The van der Waals surface area contributed by atoms with E-state index in [1.807, 2.05) is 30.3 Å². The van der Waals surface area contributed by atoms with Gasteiger partial charge in [-0.05, 0) is 42.3 Å². The number of hydrogen-bond acceptors (Lipinski definition) is 6. The molecule has 31 heavy (non-hydrogen) atoms. The highest BCUT2D eigenvalue weighted by atomic mass is 16.6. The lowest BCUT2D eigenvalue weighted by Crippen LogP contribution is -2.19. The van der Waals surface area contributed by atoms with E-state index in [1.54, 1.807) is 25.3 Å². The highest BCUT2D eigenvalue weighted by molar-refractivity contribution is 5.97. The van der Waals surface area contributed by atoms with Crippen molar-refractivity contribution < 1.29 is 19.2 Å². The molecular formula is C23H21N3O5. The van der Waals surface area contributed by atoms with Gasteiger partial charge in [-0.1, -0.05) is 36.4 Å². The summed E-state index contributed by atoms with van der Waals surface area (Å²) in [4.78, 5) is 22.8. The van der Waals surface area contributed by atoms with Gasteiger partial charge < -0.3 is 9.47 Å². The second-order valence-electron chi connectivity index (χ2n) is 6.59. The van der Waals surface area contributed by atoms with E-state index in [9.17, 15) is 14.9 Å². The van der Waals surface area contributed by atoms with Crippen molar-refractivity contribution >= 4 is 17.8 Å². The molecule has 0 atom stereocenters. The van der Waals surface area contributed by atoms with Crippen molar-refractivity contribution in [1.82, 2.24) is 5.43 Å². The molecule has 0 aliphatic heterocycles. The van der Waals surface area contributed by atoms with Crippen LogP contribution < -0.4 is 14.9 Å². The van der Waals surface area contributed by atoms with E-state index in [0.717, 1.165) is 5.56 Å². The number of methoxy groups -OCH3 is 1. The Labute approximate surface area is 179 Å². The highest BCUT2D eigenvalue weighted by Gasteiger charge is 2.17. The first kappa shape index (κ1) is 21.5. The molecule has 158 valence electrons. The maximum absolute atomic E-state index is 12.3. The largest absolute Gasteiger partial charge is 0.493 e. The van der Waals surface area contributed by atoms with Crippen LogP contribution in [0, 0.1) is 17.0 Å². The molecule has 0 saturated heterocycles. The molecule has 8 heteroatoms. The summed E-state index contributed by atoms with van der Waals surface area (Å²) in [7, 11) is 1.54. The second-order valence-corrected chi connectivity index (χ2v) is 6.59. The minimum Gasteiger partial charge on any atom is -0.493 e. The number of hydrogen-bond donors (Lipinski definition) is 1. The Bertz CT molecular complexity index is 1110. The molecule has 0 aliphatic rings. The number of nitrogens with zero attached hydrogens (tertiary/aromatic N) is 2. The molecule has 0 aliphatic carbocycles. The first-order valence-electron chi connectivity index (χ1n) is 9.41. The molecule has 3 aromatic carbocycles. The third-order valence-corrected chi connectivity index (χ3v) is 4.55. The van der Waals surface area contributed by atoms with Crippen molar-refractivity contribution in [2.45, 2.75) is 13.5 Å². The quantitative estimate of drug-likeness (QED) is 0.334. The number of hydrazone groups is 1. The zero-order valence-corrected chi connectivity index (χ0v) is 17.1. The summed E-state index contributed by atoms with van der Waals surface area (Å²) in [6, 6.07) is 19.4. The number of amides is 1. The third kappa shape index (κ3) is 5.45. The maximum atomic E-state index is 12.3. The van der Waals surface area contributed by atoms with Crippen LogP contribution in [0.3, 0.4) is 0 Å². The van der Waals surface area contributed by atoms with Crippen LogP contribution in [0.2, 0.25) is 0 Å². The Kier molecular flexibility index (Phi) is 6.95. The Balaban J connectivity index is 1.66. The fourth-order valence-electron chi connectivity index (χ4n) is 2.91. The van der Waals surface area contributed by atoms with Gasteiger partial charge in [0.05, 0.1) is 23.8 Å².